The molecule has 5 nitrogen and oxygen atoms in total. The van der Waals surface area contributed by atoms with E-state index in [0.717, 1.165) is 5.56 Å². The van der Waals surface area contributed by atoms with Gasteiger partial charge in [0.2, 0.25) is 5.91 Å². The minimum atomic E-state index is -4.01. The molecule has 2 rings (SSSR count). The van der Waals surface area contributed by atoms with Crippen molar-refractivity contribution in [1.82, 2.24) is 4.72 Å². The molecule has 0 radical (unpaired) electrons. The highest BCUT2D eigenvalue weighted by atomic mass is 32.2. The predicted molar refractivity (Wildman–Crippen MR) is 86.0 cm³/mol. The van der Waals surface area contributed by atoms with Gasteiger partial charge in [-0.3, -0.25) is 4.79 Å². The Bertz CT molecular complexity index is 840. The Morgan fingerprint density at radius 1 is 1.17 bits per heavy atom. The van der Waals surface area contributed by atoms with Crippen LogP contribution in [0.1, 0.15) is 30.4 Å². The maximum Gasteiger partial charge on any atom is 0.264 e. The van der Waals surface area contributed by atoms with Crippen LogP contribution in [0, 0.1) is 11.3 Å². The molecular formula is C17H16N2O3S. The molecular weight excluding hydrogens is 312 g/mol. The molecule has 2 aromatic rings. The number of sulfonamides is 1. The molecule has 6 heteroatoms. The van der Waals surface area contributed by atoms with Crippen LogP contribution in [0.2, 0.25) is 0 Å². The topological polar surface area (TPSA) is 87.0 Å². The lowest BCUT2D eigenvalue weighted by Crippen LogP contribution is -2.34. The van der Waals surface area contributed by atoms with Crippen LogP contribution >= 0.6 is 0 Å². The number of nitrogens with zero attached hydrogens (tertiary/aromatic N) is 1. The van der Waals surface area contributed by atoms with Crippen molar-refractivity contribution in [3.8, 4) is 6.07 Å². The summed E-state index contributed by atoms with van der Waals surface area (Å²) in [6.45, 7) is 1.82. The highest BCUT2D eigenvalue weighted by Gasteiger charge is 2.24. The van der Waals surface area contributed by atoms with Crippen LogP contribution in [-0.4, -0.2) is 14.3 Å². The van der Waals surface area contributed by atoms with E-state index in [9.17, 15) is 13.2 Å². The van der Waals surface area contributed by atoms with E-state index in [1.54, 1.807) is 24.3 Å². The molecule has 0 bridgehead atoms. The standard InChI is InChI=1S/C17H16N2O3S/c1-2-16(14-8-4-3-5-9-14)17(20)19-23(21,22)15-10-6-7-13(11-15)12-18/h3-11,16H,2H2,1H3,(H,19,20)/t16-/m0/s1. The molecule has 0 saturated carbocycles. The maximum absolute atomic E-state index is 12.4. The summed E-state index contributed by atoms with van der Waals surface area (Å²) in [4.78, 5) is 12.3. The molecule has 0 unspecified atom stereocenters. The average molecular weight is 328 g/mol. The molecule has 0 fully saturated rings. The number of hydrogen-bond donors (Lipinski definition) is 1. The van der Waals surface area contributed by atoms with Gasteiger partial charge in [-0.25, -0.2) is 13.1 Å². The summed E-state index contributed by atoms with van der Waals surface area (Å²) >= 11 is 0. The number of carbonyl (C=O) groups is 1. The quantitative estimate of drug-likeness (QED) is 0.914. The zero-order valence-corrected chi connectivity index (χ0v) is 13.4. The van der Waals surface area contributed by atoms with E-state index in [-0.39, 0.29) is 10.5 Å². The van der Waals surface area contributed by atoms with Gasteiger partial charge in [0.25, 0.3) is 10.0 Å². The molecule has 0 heterocycles. The number of amides is 1. The molecule has 23 heavy (non-hydrogen) atoms. The largest absolute Gasteiger partial charge is 0.273 e. The SMILES string of the molecule is CC[C@H](C(=O)NS(=O)(=O)c1cccc(C#N)c1)c1ccccc1. The maximum atomic E-state index is 12.4. The Kier molecular flexibility index (Phi) is 5.14. The number of carbonyl (C=O) groups excluding carboxylic acids is 1. The van der Waals surface area contributed by atoms with Crippen molar-refractivity contribution >= 4 is 15.9 Å². The third-order valence-electron chi connectivity index (χ3n) is 3.44. The fraction of sp³-hybridized carbons (Fsp3) is 0.176. The zero-order chi connectivity index (χ0) is 16.9. The van der Waals surface area contributed by atoms with Gasteiger partial charge in [0.15, 0.2) is 0 Å². The molecule has 0 spiro atoms. The fourth-order valence-corrected chi connectivity index (χ4v) is 3.32. The van der Waals surface area contributed by atoms with Crippen molar-refractivity contribution in [2.24, 2.45) is 0 Å². The second-order valence-electron chi connectivity index (χ2n) is 4.98. The summed E-state index contributed by atoms with van der Waals surface area (Å²) in [5, 5.41) is 8.85. The van der Waals surface area contributed by atoms with Crippen molar-refractivity contribution in [3.63, 3.8) is 0 Å². The van der Waals surface area contributed by atoms with E-state index in [0.29, 0.717) is 6.42 Å². The van der Waals surface area contributed by atoms with Gasteiger partial charge >= 0.3 is 0 Å². The lowest BCUT2D eigenvalue weighted by molar-refractivity contribution is -0.120. The van der Waals surface area contributed by atoms with Gasteiger partial charge in [0.05, 0.1) is 22.4 Å². The monoisotopic (exact) mass is 328 g/mol. The molecule has 1 amide bonds. The summed E-state index contributed by atoms with van der Waals surface area (Å²) in [7, 11) is -4.01. The van der Waals surface area contributed by atoms with Crippen LogP contribution in [0.25, 0.3) is 0 Å². The van der Waals surface area contributed by atoms with Gasteiger partial charge in [0, 0.05) is 0 Å². The van der Waals surface area contributed by atoms with E-state index in [1.807, 2.05) is 19.1 Å². The molecule has 0 saturated heterocycles. The fourth-order valence-electron chi connectivity index (χ4n) is 2.25. The lowest BCUT2D eigenvalue weighted by atomic mass is 9.96. The normalized spacial score (nSPS) is 12.2. The first-order valence-electron chi connectivity index (χ1n) is 7.09. The van der Waals surface area contributed by atoms with Crippen molar-refractivity contribution in [2.45, 2.75) is 24.2 Å². The number of nitrogens with one attached hydrogen (secondary N) is 1. The molecule has 0 aromatic heterocycles. The molecule has 1 atom stereocenters. The Morgan fingerprint density at radius 2 is 1.87 bits per heavy atom. The van der Waals surface area contributed by atoms with E-state index < -0.39 is 21.8 Å². The molecule has 0 aliphatic carbocycles. The molecule has 1 N–H and O–H groups in total. The summed E-state index contributed by atoms with van der Waals surface area (Å²) in [6.07, 6.45) is 0.476. The Morgan fingerprint density at radius 3 is 2.48 bits per heavy atom. The molecule has 0 aliphatic rings. The predicted octanol–water partition coefficient (Wildman–Crippen LogP) is 2.56. The molecule has 2 aromatic carbocycles. The van der Waals surface area contributed by atoms with E-state index in [2.05, 4.69) is 4.72 Å². The van der Waals surface area contributed by atoms with E-state index >= 15 is 0 Å². The number of rotatable bonds is 5. The highest BCUT2D eigenvalue weighted by Crippen LogP contribution is 2.20. The summed E-state index contributed by atoms with van der Waals surface area (Å²) in [5.41, 5.74) is 0.976. The summed E-state index contributed by atoms with van der Waals surface area (Å²) in [6, 6.07) is 16.4. The van der Waals surface area contributed by atoms with Gasteiger partial charge in [-0.2, -0.15) is 5.26 Å². The number of hydrogen-bond acceptors (Lipinski definition) is 4. The lowest BCUT2D eigenvalue weighted by Gasteiger charge is -2.15. The van der Waals surface area contributed by atoms with Crippen molar-refractivity contribution in [3.05, 3.63) is 65.7 Å². The zero-order valence-electron chi connectivity index (χ0n) is 12.6. The van der Waals surface area contributed by atoms with Crippen molar-refractivity contribution in [1.29, 1.82) is 5.26 Å². The molecule has 118 valence electrons. The first kappa shape index (κ1) is 16.7. The Labute approximate surface area is 135 Å². The van der Waals surface area contributed by atoms with Gasteiger partial charge < -0.3 is 0 Å². The van der Waals surface area contributed by atoms with Crippen LogP contribution in [0.15, 0.2) is 59.5 Å². The highest BCUT2D eigenvalue weighted by molar-refractivity contribution is 7.90. The van der Waals surface area contributed by atoms with Gasteiger partial charge in [0.1, 0.15) is 0 Å². The van der Waals surface area contributed by atoms with Crippen LogP contribution < -0.4 is 4.72 Å². The van der Waals surface area contributed by atoms with E-state index in [4.69, 9.17) is 5.26 Å². The minimum Gasteiger partial charge on any atom is -0.273 e. The van der Waals surface area contributed by atoms with Gasteiger partial charge in [-0.15, -0.1) is 0 Å². The van der Waals surface area contributed by atoms with Crippen molar-refractivity contribution < 1.29 is 13.2 Å². The smallest absolute Gasteiger partial charge is 0.264 e. The van der Waals surface area contributed by atoms with E-state index in [1.165, 1.54) is 24.3 Å². The average Bonchev–Trinajstić information content (AvgIpc) is 2.56. The Balaban J connectivity index is 2.25. The summed E-state index contributed by atoms with van der Waals surface area (Å²) < 4.78 is 26.7. The third-order valence-corrected chi connectivity index (χ3v) is 4.78. The van der Waals surface area contributed by atoms with Gasteiger partial charge in [-0.1, -0.05) is 43.3 Å². The van der Waals surface area contributed by atoms with Crippen LogP contribution in [0.5, 0.6) is 0 Å². The first-order chi connectivity index (χ1) is 11.0. The van der Waals surface area contributed by atoms with Crippen molar-refractivity contribution in [2.75, 3.05) is 0 Å². The third kappa shape index (κ3) is 3.96. The minimum absolute atomic E-state index is 0.104. The first-order valence-corrected chi connectivity index (χ1v) is 8.58. The van der Waals surface area contributed by atoms with Gasteiger partial charge in [-0.05, 0) is 30.2 Å². The second-order valence-corrected chi connectivity index (χ2v) is 6.66. The number of nitriles is 1. The Hall–Kier alpha value is -2.65. The summed E-state index contributed by atoms with van der Waals surface area (Å²) in [5.74, 6) is -1.13. The van der Waals surface area contributed by atoms with Crippen LogP contribution in [0.4, 0.5) is 0 Å². The second kappa shape index (κ2) is 7.07. The van der Waals surface area contributed by atoms with Crippen LogP contribution in [0.3, 0.4) is 0 Å². The van der Waals surface area contributed by atoms with Crippen LogP contribution in [-0.2, 0) is 14.8 Å². The molecule has 0 aliphatic heterocycles. The number of benzene rings is 2.